The number of fused-ring (bicyclic) bond motifs is 1. The summed E-state index contributed by atoms with van der Waals surface area (Å²) in [6.07, 6.45) is 5.44. The molecule has 0 amide bonds. The molecular formula is C19H27N5O. The predicted octanol–water partition coefficient (Wildman–Crippen LogP) is 3.01. The van der Waals surface area contributed by atoms with Gasteiger partial charge in [-0.2, -0.15) is 4.80 Å². The molecule has 2 aliphatic rings. The molecule has 4 rings (SSSR count). The number of hydrogen-bond acceptors (Lipinski definition) is 5. The molecule has 2 heterocycles. The Morgan fingerprint density at radius 2 is 2.08 bits per heavy atom. The first-order valence-electron chi connectivity index (χ1n) is 9.26. The van der Waals surface area contributed by atoms with E-state index >= 15 is 0 Å². The highest BCUT2D eigenvalue weighted by Gasteiger charge is 2.45. The molecule has 0 saturated heterocycles. The lowest BCUT2D eigenvalue weighted by molar-refractivity contribution is -0.0368. The van der Waals surface area contributed by atoms with Crippen molar-refractivity contribution < 1.29 is 4.74 Å². The Morgan fingerprint density at radius 1 is 1.28 bits per heavy atom. The molecule has 1 fully saturated rings. The van der Waals surface area contributed by atoms with Gasteiger partial charge in [0.1, 0.15) is 11.4 Å². The number of tetrazole rings is 1. The molecule has 6 heteroatoms. The third-order valence-corrected chi connectivity index (χ3v) is 5.26. The lowest BCUT2D eigenvalue weighted by Crippen LogP contribution is -2.49. The lowest BCUT2D eigenvalue weighted by atomic mass is 9.73. The highest BCUT2D eigenvalue weighted by Crippen LogP contribution is 2.48. The summed E-state index contributed by atoms with van der Waals surface area (Å²) in [5.74, 6) is 1.84. The fourth-order valence-electron chi connectivity index (χ4n) is 3.66. The van der Waals surface area contributed by atoms with Gasteiger partial charge < -0.3 is 10.1 Å². The Bertz CT molecular complexity index is 744. The zero-order chi connectivity index (χ0) is 17.5. The van der Waals surface area contributed by atoms with Crippen LogP contribution in [0.15, 0.2) is 24.3 Å². The van der Waals surface area contributed by atoms with Gasteiger partial charge in [-0.3, -0.25) is 0 Å². The molecule has 1 aromatic heterocycles. The standard InChI is InChI=1S/C19H27N5O/c1-18(2,3)24-22-17(21-23-24)9-12-20-15-13-19(10-6-11-19)25-16-8-5-4-7-14(15)16/h4-5,7-8,15,20H,6,9-13H2,1-3H3. The first kappa shape index (κ1) is 16.5. The highest BCUT2D eigenvalue weighted by molar-refractivity contribution is 5.39. The van der Waals surface area contributed by atoms with E-state index in [-0.39, 0.29) is 11.1 Å². The molecular weight excluding hydrogens is 314 g/mol. The van der Waals surface area contributed by atoms with Gasteiger partial charge in [-0.05, 0) is 51.3 Å². The maximum atomic E-state index is 6.31. The number of rotatable bonds is 4. The lowest BCUT2D eigenvalue weighted by Gasteiger charge is -2.48. The first-order valence-corrected chi connectivity index (χ1v) is 9.26. The third kappa shape index (κ3) is 3.27. The van der Waals surface area contributed by atoms with Crippen molar-refractivity contribution in [3.63, 3.8) is 0 Å². The topological polar surface area (TPSA) is 64.9 Å². The Hall–Kier alpha value is -1.95. The van der Waals surface area contributed by atoms with Crippen LogP contribution in [0.3, 0.4) is 0 Å². The molecule has 1 unspecified atom stereocenters. The zero-order valence-electron chi connectivity index (χ0n) is 15.3. The molecule has 1 aliphatic carbocycles. The van der Waals surface area contributed by atoms with Crippen LogP contribution in [0.4, 0.5) is 0 Å². The minimum Gasteiger partial charge on any atom is -0.487 e. The molecule has 0 bridgehead atoms. The van der Waals surface area contributed by atoms with Gasteiger partial charge in [0, 0.05) is 31.0 Å². The summed E-state index contributed by atoms with van der Waals surface area (Å²) in [4.78, 5) is 1.69. The molecule has 1 atom stereocenters. The number of nitrogens with one attached hydrogen (secondary N) is 1. The second-order valence-electron chi connectivity index (χ2n) is 8.30. The van der Waals surface area contributed by atoms with Crippen LogP contribution in [0.1, 0.15) is 63.9 Å². The average Bonchev–Trinajstić information content (AvgIpc) is 3.02. The van der Waals surface area contributed by atoms with Crippen LogP contribution < -0.4 is 10.1 Å². The molecule has 1 N–H and O–H groups in total. The summed E-state index contributed by atoms with van der Waals surface area (Å²) < 4.78 is 6.31. The first-order chi connectivity index (χ1) is 12.0. The van der Waals surface area contributed by atoms with Crippen LogP contribution in [0.2, 0.25) is 0 Å². The maximum Gasteiger partial charge on any atom is 0.176 e. The second-order valence-corrected chi connectivity index (χ2v) is 8.30. The smallest absolute Gasteiger partial charge is 0.176 e. The maximum absolute atomic E-state index is 6.31. The number of ether oxygens (including phenoxy) is 1. The largest absolute Gasteiger partial charge is 0.487 e. The van der Waals surface area contributed by atoms with E-state index in [4.69, 9.17) is 4.74 Å². The number of para-hydroxylation sites is 1. The molecule has 0 radical (unpaired) electrons. The van der Waals surface area contributed by atoms with Crippen molar-refractivity contribution in [1.82, 2.24) is 25.5 Å². The quantitative estimate of drug-likeness (QED) is 0.926. The van der Waals surface area contributed by atoms with Crippen molar-refractivity contribution in [1.29, 1.82) is 0 Å². The van der Waals surface area contributed by atoms with E-state index in [1.54, 1.807) is 4.80 Å². The van der Waals surface area contributed by atoms with E-state index in [9.17, 15) is 0 Å². The van der Waals surface area contributed by atoms with E-state index < -0.39 is 0 Å². The normalized spacial score (nSPS) is 21.5. The van der Waals surface area contributed by atoms with Crippen LogP contribution in [0.5, 0.6) is 5.75 Å². The summed E-state index contributed by atoms with van der Waals surface area (Å²) in [6, 6.07) is 8.75. The van der Waals surface area contributed by atoms with E-state index in [0.29, 0.717) is 6.04 Å². The summed E-state index contributed by atoms with van der Waals surface area (Å²) in [7, 11) is 0. The predicted molar refractivity (Wildman–Crippen MR) is 95.5 cm³/mol. The van der Waals surface area contributed by atoms with Gasteiger partial charge in [-0.1, -0.05) is 18.2 Å². The fraction of sp³-hybridized carbons (Fsp3) is 0.632. The average molecular weight is 341 g/mol. The number of aromatic nitrogens is 4. The Kier molecular flexibility index (Phi) is 4.02. The van der Waals surface area contributed by atoms with Gasteiger partial charge in [-0.15, -0.1) is 10.2 Å². The van der Waals surface area contributed by atoms with Crippen LogP contribution in [0.25, 0.3) is 0 Å². The van der Waals surface area contributed by atoms with Gasteiger partial charge in [0.05, 0.1) is 5.54 Å². The monoisotopic (exact) mass is 341 g/mol. The van der Waals surface area contributed by atoms with Gasteiger partial charge in [0.25, 0.3) is 0 Å². The molecule has 6 nitrogen and oxygen atoms in total. The van der Waals surface area contributed by atoms with E-state index in [0.717, 1.165) is 31.0 Å². The summed E-state index contributed by atoms with van der Waals surface area (Å²) >= 11 is 0. The Morgan fingerprint density at radius 3 is 2.76 bits per heavy atom. The van der Waals surface area contributed by atoms with E-state index in [1.807, 2.05) is 0 Å². The number of nitrogens with zero attached hydrogens (tertiary/aromatic N) is 4. The third-order valence-electron chi connectivity index (χ3n) is 5.26. The molecule has 1 aromatic carbocycles. The fourth-order valence-corrected chi connectivity index (χ4v) is 3.66. The van der Waals surface area contributed by atoms with Crippen LogP contribution in [-0.2, 0) is 12.0 Å². The molecule has 2 aromatic rings. The molecule has 1 aliphatic heterocycles. The van der Waals surface area contributed by atoms with Crippen molar-refractivity contribution in [3.8, 4) is 5.75 Å². The number of hydrogen-bond donors (Lipinski definition) is 1. The Balaban J connectivity index is 1.41. The Labute approximate surface area is 149 Å². The second kappa shape index (κ2) is 6.09. The molecule has 1 saturated carbocycles. The van der Waals surface area contributed by atoms with Gasteiger partial charge in [0.2, 0.25) is 0 Å². The zero-order valence-corrected chi connectivity index (χ0v) is 15.3. The number of benzene rings is 1. The molecule has 25 heavy (non-hydrogen) atoms. The van der Waals surface area contributed by atoms with Crippen molar-refractivity contribution in [2.24, 2.45) is 0 Å². The molecule has 134 valence electrons. The van der Waals surface area contributed by atoms with Gasteiger partial charge in [0.15, 0.2) is 5.82 Å². The minimum atomic E-state index is -0.130. The summed E-state index contributed by atoms with van der Waals surface area (Å²) in [5.41, 5.74) is 1.19. The minimum absolute atomic E-state index is 0.0552. The molecule has 1 spiro atoms. The summed E-state index contributed by atoms with van der Waals surface area (Å²) in [6.45, 7) is 7.07. The van der Waals surface area contributed by atoms with E-state index in [1.165, 1.54) is 24.8 Å². The van der Waals surface area contributed by atoms with Gasteiger partial charge in [-0.25, -0.2) is 0 Å². The van der Waals surface area contributed by atoms with Crippen LogP contribution in [0, 0.1) is 0 Å². The SMILES string of the molecule is CC(C)(C)n1nnc(CCNC2CC3(CCC3)Oc3ccccc32)n1. The van der Waals surface area contributed by atoms with E-state index in [2.05, 4.69) is 65.8 Å². The van der Waals surface area contributed by atoms with Crippen LogP contribution >= 0.6 is 0 Å². The summed E-state index contributed by atoms with van der Waals surface area (Å²) in [5, 5.41) is 16.5. The van der Waals surface area contributed by atoms with Crippen molar-refractivity contribution >= 4 is 0 Å². The van der Waals surface area contributed by atoms with Crippen LogP contribution in [-0.4, -0.2) is 32.4 Å². The van der Waals surface area contributed by atoms with Crippen molar-refractivity contribution in [3.05, 3.63) is 35.7 Å². The van der Waals surface area contributed by atoms with Crippen molar-refractivity contribution in [2.45, 2.75) is 70.1 Å². The van der Waals surface area contributed by atoms with Gasteiger partial charge >= 0.3 is 0 Å². The highest BCUT2D eigenvalue weighted by atomic mass is 16.5. The van der Waals surface area contributed by atoms with Crippen molar-refractivity contribution in [2.75, 3.05) is 6.54 Å².